The van der Waals surface area contributed by atoms with E-state index in [-0.39, 0.29) is 11.5 Å². The molecule has 0 bridgehead atoms. The smallest absolute Gasteiger partial charge is 0.166 e. The summed E-state index contributed by atoms with van der Waals surface area (Å²) >= 11 is 0. The van der Waals surface area contributed by atoms with Crippen molar-refractivity contribution in [3.63, 3.8) is 0 Å². The number of hydrogen-bond donors (Lipinski definition) is 1. The van der Waals surface area contributed by atoms with Gasteiger partial charge in [-0.2, -0.15) is 0 Å². The first-order valence-corrected chi connectivity index (χ1v) is 7.52. The molecule has 0 saturated heterocycles. The van der Waals surface area contributed by atoms with Gasteiger partial charge in [-0.15, -0.1) is 0 Å². The predicted octanol–water partition coefficient (Wildman–Crippen LogP) is 4.51. The van der Waals surface area contributed by atoms with Crippen LogP contribution >= 0.6 is 0 Å². The molecule has 4 nitrogen and oxygen atoms in total. The van der Waals surface area contributed by atoms with Gasteiger partial charge in [-0.25, -0.2) is 0 Å². The summed E-state index contributed by atoms with van der Waals surface area (Å²) in [6.45, 7) is 9.08. The second-order valence-corrected chi connectivity index (χ2v) is 5.75. The lowest BCUT2D eigenvalue weighted by Gasteiger charge is -2.14. The molecule has 0 fully saturated rings. The number of ether oxygens (including phenoxy) is 2. The van der Waals surface area contributed by atoms with Gasteiger partial charge in [-0.3, -0.25) is 4.79 Å². The molecule has 0 aliphatic heterocycles. The van der Waals surface area contributed by atoms with Crippen LogP contribution in [0.4, 0.5) is 0 Å². The Morgan fingerprint density at radius 3 is 2.38 bits per heavy atom. The zero-order chi connectivity index (χ0) is 17.9. The highest BCUT2D eigenvalue weighted by Crippen LogP contribution is 2.34. The molecule has 0 unspecified atom stereocenters. The lowest BCUT2D eigenvalue weighted by atomic mass is 9.99. The molecule has 4 heteroatoms. The van der Waals surface area contributed by atoms with Crippen molar-refractivity contribution in [1.82, 2.24) is 0 Å². The molecule has 2 aromatic carbocycles. The summed E-state index contributed by atoms with van der Waals surface area (Å²) in [5, 5.41) is 9.67. The average molecular weight is 325 g/mol. The van der Waals surface area contributed by atoms with Crippen LogP contribution in [0.25, 0.3) is 0 Å². The Balaban J connectivity index is 2.34. The lowest BCUT2D eigenvalue weighted by Crippen LogP contribution is -2.04. The topological polar surface area (TPSA) is 55.8 Å². The molecule has 0 spiro atoms. The number of hydrogen-bond acceptors (Lipinski definition) is 4. The van der Waals surface area contributed by atoms with Gasteiger partial charge in [0.15, 0.2) is 5.78 Å². The van der Waals surface area contributed by atoms with Crippen LogP contribution in [-0.2, 0) is 4.79 Å². The molecular formula is C20H21O4. The third kappa shape index (κ3) is 4.16. The summed E-state index contributed by atoms with van der Waals surface area (Å²) in [6, 6.07) is 8.55. The van der Waals surface area contributed by atoms with Crippen molar-refractivity contribution in [1.29, 1.82) is 0 Å². The molecule has 125 valence electrons. The summed E-state index contributed by atoms with van der Waals surface area (Å²) in [5.41, 5.74) is 2.90. The van der Waals surface area contributed by atoms with E-state index >= 15 is 0 Å². The van der Waals surface area contributed by atoms with Crippen molar-refractivity contribution in [2.24, 2.45) is 0 Å². The minimum absolute atomic E-state index is 0.144. The first kappa shape index (κ1) is 17.6. The van der Waals surface area contributed by atoms with E-state index in [4.69, 9.17) is 9.47 Å². The number of phenolic OH excluding ortho intramolecular Hbond substituents is 1. The molecule has 0 saturated carbocycles. The number of ketones is 1. The van der Waals surface area contributed by atoms with Crippen LogP contribution in [0.3, 0.4) is 0 Å². The standard InChI is InChI=1S/C20H21O4/c1-12(2)19(22)11-18-14(4)8-17(10-20(18)23-5)24-16-7-13(3)6-15(21)9-16/h6-11,21H,1H2,2-5H3. The van der Waals surface area contributed by atoms with Crippen LogP contribution in [0.15, 0.2) is 42.5 Å². The van der Waals surface area contributed by atoms with Gasteiger partial charge in [0.2, 0.25) is 0 Å². The van der Waals surface area contributed by atoms with E-state index in [0.717, 1.165) is 11.1 Å². The number of Topliss-reactive ketones (excluding diaryl/α,β-unsaturated/α-hetero) is 1. The van der Waals surface area contributed by atoms with Gasteiger partial charge in [0.05, 0.1) is 13.5 Å². The van der Waals surface area contributed by atoms with Gasteiger partial charge < -0.3 is 14.6 Å². The van der Waals surface area contributed by atoms with Crippen LogP contribution in [-0.4, -0.2) is 18.0 Å². The van der Waals surface area contributed by atoms with E-state index in [1.54, 1.807) is 32.2 Å². The number of carbonyl (C=O) groups is 1. The third-order valence-electron chi connectivity index (χ3n) is 3.51. The van der Waals surface area contributed by atoms with Gasteiger partial charge >= 0.3 is 0 Å². The third-order valence-corrected chi connectivity index (χ3v) is 3.51. The van der Waals surface area contributed by atoms with Crippen molar-refractivity contribution in [2.75, 3.05) is 7.11 Å². The highest BCUT2D eigenvalue weighted by molar-refractivity contribution is 6.03. The summed E-state index contributed by atoms with van der Waals surface area (Å²) < 4.78 is 11.2. The first-order chi connectivity index (χ1) is 11.3. The van der Waals surface area contributed by atoms with Crippen LogP contribution in [0.2, 0.25) is 0 Å². The summed E-state index contributed by atoms with van der Waals surface area (Å²) in [5.74, 6) is 1.63. The predicted molar refractivity (Wildman–Crippen MR) is 93.9 cm³/mol. The molecule has 0 aromatic heterocycles. The van der Waals surface area contributed by atoms with Crippen LogP contribution in [0.1, 0.15) is 23.6 Å². The van der Waals surface area contributed by atoms with E-state index in [9.17, 15) is 9.90 Å². The van der Waals surface area contributed by atoms with Crippen molar-refractivity contribution in [2.45, 2.75) is 20.8 Å². The molecule has 2 aromatic rings. The minimum Gasteiger partial charge on any atom is -0.508 e. The molecule has 24 heavy (non-hydrogen) atoms. The number of allylic oxidation sites excluding steroid dienone is 1. The van der Waals surface area contributed by atoms with Crippen LogP contribution in [0, 0.1) is 20.3 Å². The quantitative estimate of drug-likeness (QED) is 0.794. The average Bonchev–Trinajstić information content (AvgIpc) is 2.48. The van der Waals surface area contributed by atoms with E-state index in [0.29, 0.717) is 28.4 Å². The number of methoxy groups -OCH3 is 1. The van der Waals surface area contributed by atoms with Gasteiger partial charge in [0.25, 0.3) is 0 Å². The molecule has 0 aliphatic rings. The summed E-state index contributed by atoms with van der Waals surface area (Å²) in [6.07, 6.45) is 1.51. The van der Waals surface area contributed by atoms with Gasteiger partial charge in [-0.1, -0.05) is 6.58 Å². The second kappa shape index (κ2) is 7.21. The SMILES string of the molecule is C=C(C)C(=O)[CH]c1c(C)cc(Oc2cc(C)cc(O)c2)cc1OC. The zero-order valence-electron chi connectivity index (χ0n) is 14.3. The summed E-state index contributed by atoms with van der Waals surface area (Å²) in [7, 11) is 1.54. The molecular weight excluding hydrogens is 304 g/mol. The lowest BCUT2D eigenvalue weighted by molar-refractivity contribution is -0.112. The van der Waals surface area contributed by atoms with Gasteiger partial charge in [0.1, 0.15) is 23.0 Å². The van der Waals surface area contributed by atoms with Gasteiger partial charge in [-0.05, 0) is 55.7 Å². The Morgan fingerprint density at radius 1 is 1.12 bits per heavy atom. The molecule has 1 N–H and O–H groups in total. The Hall–Kier alpha value is -2.75. The monoisotopic (exact) mass is 325 g/mol. The zero-order valence-corrected chi connectivity index (χ0v) is 14.3. The Kier molecular flexibility index (Phi) is 5.29. The van der Waals surface area contributed by atoms with Crippen molar-refractivity contribution in [3.05, 3.63) is 65.6 Å². The van der Waals surface area contributed by atoms with E-state index < -0.39 is 0 Å². The highest BCUT2D eigenvalue weighted by Gasteiger charge is 2.15. The van der Waals surface area contributed by atoms with Crippen LogP contribution < -0.4 is 9.47 Å². The highest BCUT2D eigenvalue weighted by atomic mass is 16.5. The second-order valence-electron chi connectivity index (χ2n) is 5.75. The number of aromatic hydroxyl groups is 1. The van der Waals surface area contributed by atoms with Crippen molar-refractivity contribution in [3.8, 4) is 23.0 Å². The maximum atomic E-state index is 11.9. The first-order valence-electron chi connectivity index (χ1n) is 7.52. The number of rotatable bonds is 6. The number of aryl methyl sites for hydroxylation is 2. The van der Waals surface area contributed by atoms with Crippen molar-refractivity contribution >= 4 is 5.78 Å². The normalized spacial score (nSPS) is 10.3. The molecule has 0 aliphatic carbocycles. The van der Waals surface area contributed by atoms with E-state index in [1.807, 2.05) is 26.0 Å². The Labute approximate surface area is 142 Å². The fourth-order valence-corrected chi connectivity index (χ4v) is 2.32. The molecule has 0 heterocycles. The largest absolute Gasteiger partial charge is 0.508 e. The Bertz CT molecular complexity index is 770. The van der Waals surface area contributed by atoms with Crippen LogP contribution in [0.5, 0.6) is 23.0 Å². The number of carbonyl (C=O) groups excluding carboxylic acids is 1. The maximum Gasteiger partial charge on any atom is 0.166 e. The van der Waals surface area contributed by atoms with Gasteiger partial charge in [0, 0.05) is 17.7 Å². The molecule has 2 rings (SSSR count). The summed E-state index contributed by atoms with van der Waals surface area (Å²) in [4.78, 5) is 11.9. The maximum absolute atomic E-state index is 11.9. The fraction of sp³-hybridized carbons (Fsp3) is 0.200. The van der Waals surface area contributed by atoms with E-state index in [2.05, 4.69) is 6.58 Å². The molecule has 0 atom stereocenters. The number of benzene rings is 2. The Morgan fingerprint density at radius 2 is 1.79 bits per heavy atom. The van der Waals surface area contributed by atoms with E-state index in [1.165, 1.54) is 6.42 Å². The fourth-order valence-electron chi connectivity index (χ4n) is 2.32. The molecule has 0 amide bonds. The molecule has 1 radical (unpaired) electrons. The van der Waals surface area contributed by atoms with Crippen molar-refractivity contribution < 1.29 is 19.4 Å². The minimum atomic E-state index is -0.145. The number of phenols is 1.